The molecule has 0 fully saturated rings. The molecule has 5 heteroatoms. The highest BCUT2D eigenvalue weighted by Gasteiger charge is 2.09. The third-order valence-electron chi connectivity index (χ3n) is 2.27. The first kappa shape index (κ1) is 12.6. The van der Waals surface area contributed by atoms with Crippen molar-refractivity contribution < 1.29 is 14.3 Å². The minimum atomic E-state index is -1.07. The molecule has 1 heterocycles. The molecular formula is C13H10FNO2S. The third kappa shape index (κ3) is 2.87. The maximum Gasteiger partial charge on any atom is 0.335 e. The molecule has 0 atom stereocenters. The van der Waals surface area contributed by atoms with E-state index in [1.165, 1.54) is 30.0 Å². The van der Waals surface area contributed by atoms with Gasteiger partial charge in [0.2, 0.25) is 0 Å². The Kier molecular flexibility index (Phi) is 3.62. The summed E-state index contributed by atoms with van der Waals surface area (Å²) < 4.78 is 13.6. The molecule has 0 amide bonds. The van der Waals surface area contributed by atoms with Gasteiger partial charge in [0.15, 0.2) is 0 Å². The molecular weight excluding hydrogens is 253 g/mol. The van der Waals surface area contributed by atoms with Crippen molar-refractivity contribution in [1.82, 2.24) is 4.98 Å². The molecule has 92 valence electrons. The number of aromatic nitrogens is 1. The van der Waals surface area contributed by atoms with Gasteiger partial charge in [-0.3, -0.25) is 4.98 Å². The van der Waals surface area contributed by atoms with Crippen molar-refractivity contribution in [2.45, 2.75) is 16.7 Å². The van der Waals surface area contributed by atoms with Crippen LogP contribution in [0.2, 0.25) is 0 Å². The van der Waals surface area contributed by atoms with Crippen LogP contribution in [0.3, 0.4) is 0 Å². The number of halogens is 1. The van der Waals surface area contributed by atoms with Crippen LogP contribution in [-0.4, -0.2) is 16.1 Å². The number of hydrogen-bond acceptors (Lipinski definition) is 3. The maximum atomic E-state index is 13.6. The summed E-state index contributed by atoms with van der Waals surface area (Å²) in [5.41, 5.74) is 0.902. The van der Waals surface area contributed by atoms with Crippen LogP contribution in [0.1, 0.15) is 16.1 Å². The number of pyridine rings is 1. The van der Waals surface area contributed by atoms with Crippen molar-refractivity contribution in [2.75, 3.05) is 0 Å². The Balaban J connectivity index is 2.33. The Bertz CT molecular complexity index is 601. The highest BCUT2D eigenvalue weighted by molar-refractivity contribution is 7.99. The van der Waals surface area contributed by atoms with Crippen LogP contribution in [0.25, 0.3) is 0 Å². The van der Waals surface area contributed by atoms with E-state index in [2.05, 4.69) is 4.98 Å². The molecule has 18 heavy (non-hydrogen) atoms. The van der Waals surface area contributed by atoms with Crippen LogP contribution in [0.15, 0.2) is 46.3 Å². The summed E-state index contributed by atoms with van der Waals surface area (Å²) in [6.07, 6.45) is 1.64. The monoisotopic (exact) mass is 263 g/mol. The molecule has 0 saturated carbocycles. The van der Waals surface area contributed by atoms with Crippen LogP contribution in [0.4, 0.5) is 4.39 Å². The van der Waals surface area contributed by atoms with E-state index in [4.69, 9.17) is 5.11 Å². The molecule has 0 unspecified atom stereocenters. The number of carboxylic acid groups (broad SMARTS) is 1. The topological polar surface area (TPSA) is 50.2 Å². The predicted octanol–water partition coefficient (Wildman–Crippen LogP) is 3.38. The summed E-state index contributed by atoms with van der Waals surface area (Å²) in [5, 5.41) is 8.87. The minimum Gasteiger partial charge on any atom is -0.478 e. The van der Waals surface area contributed by atoms with Crippen molar-refractivity contribution in [3.05, 3.63) is 53.6 Å². The zero-order valence-electron chi connectivity index (χ0n) is 9.55. The Morgan fingerprint density at radius 1 is 1.33 bits per heavy atom. The second kappa shape index (κ2) is 5.18. The second-order valence-electron chi connectivity index (χ2n) is 3.69. The fourth-order valence-corrected chi connectivity index (χ4v) is 2.39. The molecule has 0 spiro atoms. The average molecular weight is 263 g/mol. The number of aryl methyl sites for hydroxylation is 1. The van der Waals surface area contributed by atoms with Gasteiger partial charge in [-0.2, -0.15) is 0 Å². The van der Waals surface area contributed by atoms with Crippen LogP contribution in [-0.2, 0) is 0 Å². The molecule has 2 aromatic rings. The molecule has 2 rings (SSSR count). The Hall–Kier alpha value is -1.88. The largest absolute Gasteiger partial charge is 0.478 e. The summed E-state index contributed by atoms with van der Waals surface area (Å²) >= 11 is 1.18. The van der Waals surface area contributed by atoms with E-state index < -0.39 is 11.8 Å². The molecule has 1 aromatic heterocycles. The first-order valence-electron chi connectivity index (χ1n) is 5.19. The zero-order valence-corrected chi connectivity index (χ0v) is 10.4. The first-order chi connectivity index (χ1) is 8.56. The Labute approximate surface area is 108 Å². The van der Waals surface area contributed by atoms with Crippen molar-refractivity contribution in [1.29, 1.82) is 0 Å². The van der Waals surface area contributed by atoms with Gasteiger partial charge in [-0.05, 0) is 37.3 Å². The van der Waals surface area contributed by atoms with Gasteiger partial charge in [-0.15, -0.1) is 0 Å². The maximum absolute atomic E-state index is 13.6. The van der Waals surface area contributed by atoms with Gasteiger partial charge >= 0.3 is 5.97 Å². The molecule has 0 radical (unpaired) electrons. The molecule has 0 aliphatic rings. The van der Waals surface area contributed by atoms with E-state index in [1.54, 1.807) is 12.3 Å². The number of benzene rings is 1. The van der Waals surface area contributed by atoms with Gasteiger partial charge in [0.1, 0.15) is 5.82 Å². The number of hydrogen-bond donors (Lipinski definition) is 1. The zero-order chi connectivity index (χ0) is 13.1. The van der Waals surface area contributed by atoms with Gasteiger partial charge in [0.25, 0.3) is 0 Å². The molecule has 0 aliphatic carbocycles. The lowest BCUT2D eigenvalue weighted by atomic mass is 10.2. The number of carboxylic acids is 1. The number of nitrogens with zero attached hydrogens (tertiary/aromatic N) is 1. The average Bonchev–Trinajstić information content (AvgIpc) is 2.31. The fraction of sp³-hybridized carbons (Fsp3) is 0.0769. The lowest BCUT2D eigenvalue weighted by molar-refractivity contribution is 0.0696. The standard InChI is InChI=1S/C13H10FNO2S/c1-8-6-10(4-5-15-8)18-12-7-9(13(16)17)2-3-11(12)14/h2-7H,1H3,(H,16,17). The van der Waals surface area contributed by atoms with Crippen molar-refractivity contribution in [3.8, 4) is 0 Å². The van der Waals surface area contributed by atoms with Gasteiger partial charge in [0, 0.05) is 21.7 Å². The van der Waals surface area contributed by atoms with E-state index in [1.807, 2.05) is 13.0 Å². The van der Waals surface area contributed by atoms with Gasteiger partial charge < -0.3 is 5.11 Å². The smallest absolute Gasteiger partial charge is 0.335 e. The van der Waals surface area contributed by atoms with E-state index in [9.17, 15) is 9.18 Å². The highest BCUT2D eigenvalue weighted by atomic mass is 32.2. The molecule has 0 saturated heterocycles. The van der Waals surface area contributed by atoms with Crippen molar-refractivity contribution >= 4 is 17.7 Å². The van der Waals surface area contributed by atoms with Crippen molar-refractivity contribution in [2.24, 2.45) is 0 Å². The molecule has 3 nitrogen and oxygen atoms in total. The quantitative estimate of drug-likeness (QED) is 0.922. The van der Waals surface area contributed by atoms with Crippen LogP contribution in [0, 0.1) is 12.7 Å². The molecule has 0 aliphatic heterocycles. The van der Waals surface area contributed by atoms with E-state index >= 15 is 0 Å². The Morgan fingerprint density at radius 3 is 2.78 bits per heavy atom. The normalized spacial score (nSPS) is 10.3. The molecule has 1 aromatic carbocycles. The van der Waals surface area contributed by atoms with Crippen molar-refractivity contribution in [3.63, 3.8) is 0 Å². The van der Waals surface area contributed by atoms with E-state index in [0.29, 0.717) is 4.90 Å². The summed E-state index contributed by atoms with van der Waals surface area (Å²) in [7, 11) is 0. The molecule has 1 N–H and O–H groups in total. The minimum absolute atomic E-state index is 0.0738. The van der Waals surface area contributed by atoms with Gasteiger partial charge in [-0.25, -0.2) is 9.18 Å². The summed E-state index contributed by atoms with van der Waals surface area (Å²) in [6, 6.07) is 7.32. The number of aromatic carboxylic acids is 1. The SMILES string of the molecule is Cc1cc(Sc2cc(C(=O)O)ccc2F)ccn1. The molecule has 0 bridgehead atoms. The lowest BCUT2D eigenvalue weighted by Crippen LogP contribution is -1.97. The number of rotatable bonds is 3. The summed E-state index contributed by atoms with van der Waals surface area (Å²) in [6.45, 7) is 1.84. The van der Waals surface area contributed by atoms with Gasteiger partial charge in [0.05, 0.1) is 5.56 Å². The fourth-order valence-electron chi connectivity index (χ4n) is 1.42. The lowest BCUT2D eigenvalue weighted by Gasteiger charge is -2.05. The van der Waals surface area contributed by atoms with Crippen LogP contribution in [0.5, 0.6) is 0 Å². The second-order valence-corrected chi connectivity index (χ2v) is 4.80. The predicted molar refractivity (Wildman–Crippen MR) is 66.5 cm³/mol. The Morgan fingerprint density at radius 2 is 2.11 bits per heavy atom. The number of carbonyl (C=O) groups is 1. The first-order valence-corrected chi connectivity index (χ1v) is 6.01. The summed E-state index contributed by atoms with van der Waals surface area (Å²) in [4.78, 5) is 16.0. The van der Waals surface area contributed by atoms with E-state index in [0.717, 1.165) is 10.6 Å². The third-order valence-corrected chi connectivity index (χ3v) is 3.30. The van der Waals surface area contributed by atoms with Crippen LogP contribution >= 0.6 is 11.8 Å². The van der Waals surface area contributed by atoms with Crippen LogP contribution < -0.4 is 0 Å². The van der Waals surface area contributed by atoms with Gasteiger partial charge in [-0.1, -0.05) is 11.8 Å². The summed E-state index contributed by atoms with van der Waals surface area (Å²) in [5.74, 6) is -1.50. The highest BCUT2D eigenvalue weighted by Crippen LogP contribution is 2.30. The van der Waals surface area contributed by atoms with E-state index in [-0.39, 0.29) is 5.56 Å².